The zero-order valence-corrected chi connectivity index (χ0v) is 18.1. The molecule has 1 aliphatic rings. The van der Waals surface area contributed by atoms with Crippen molar-refractivity contribution in [3.05, 3.63) is 82.6 Å². The molecule has 0 saturated carbocycles. The molecule has 3 N–H and O–H groups in total. The van der Waals surface area contributed by atoms with Gasteiger partial charge in [-0.2, -0.15) is 0 Å². The minimum atomic E-state index is -0.222. The molecule has 2 heterocycles. The molecule has 6 heteroatoms. The summed E-state index contributed by atoms with van der Waals surface area (Å²) < 4.78 is 5.29. The Labute approximate surface area is 181 Å². The average molecular weight is 424 g/mol. The van der Waals surface area contributed by atoms with Gasteiger partial charge in [-0.15, -0.1) is 11.3 Å². The van der Waals surface area contributed by atoms with Gasteiger partial charge in [0.05, 0.1) is 12.0 Å². The molecule has 156 valence electrons. The van der Waals surface area contributed by atoms with Crippen LogP contribution >= 0.6 is 11.3 Å². The van der Waals surface area contributed by atoms with Gasteiger partial charge < -0.3 is 19.9 Å². The van der Waals surface area contributed by atoms with Gasteiger partial charge in [0.1, 0.15) is 38.5 Å². The van der Waals surface area contributed by atoms with Gasteiger partial charge in [0.15, 0.2) is 6.04 Å². The standard InChI is InChI=1S/C24H27N3O2S/c1-29-21-10-5-9-20(17-21)25-24(28)23(19-7-3-2-4-8-19)27-14-12-26(13-15-27)18-22-11-6-16-30-22/h2-11,16-17,23H,12-15,18H2,1H3,(H,25,28)/p+2/t23-/m0/s1. The third-order valence-corrected chi connectivity index (χ3v) is 6.62. The van der Waals surface area contributed by atoms with Gasteiger partial charge >= 0.3 is 0 Å². The van der Waals surface area contributed by atoms with E-state index in [0.29, 0.717) is 0 Å². The summed E-state index contributed by atoms with van der Waals surface area (Å²) in [4.78, 5) is 17.7. The summed E-state index contributed by atoms with van der Waals surface area (Å²) in [7, 11) is 1.63. The molecular formula is C24H29N3O2S+2. The molecule has 0 unspecified atom stereocenters. The Morgan fingerprint density at radius 1 is 1.03 bits per heavy atom. The zero-order valence-electron chi connectivity index (χ0n) is 17.3. The van der Waals surface area contributed by atoms with E-state index in [-0.39, 0.29) is 11.9 Å². The molecule has 1 aliphatic heterocycles. The predicted molar refractivity (Wildman–Crippen MR) is 120 cm³/mol. The summed E-state index contributed by atoms with van der Waals surface area (Å²) in [5, 5.41) is 5.26. The lowest BCUT2D eigenvalue weighted by molar-refractivity contribution is -1.03. The first-order valence-corrected chi connectivity index (χ1v) is 11.3. The first-order chi connectivity index (χ1) is 14.7. The van der Waals surface area contributed by atoms with Crippen molar-refractivity contribution in [2.24, 2.45) is 0 Å². The highest BCUT2D eigenvalue weighted by atomic mass is 32.1. The van der Waals surface area contributed by atoms with Crippen LogP contribution < -0.4 is 19.9 Å². The van der Waals surface area contributed by atoms with Gasteiger partial charge in [0, 0.05) is 17.3 Å². The quantitative estimate of drug-likeness (QED) is 0.538. The number of benzene rings is 2. The van der Waals surface area contributed by atoms with Crippen LogP contribution in [0.15, 0.2) is 72.1 Å². The highest BCUT2D eigenvalue weighted by molar-refractivity contribution is 7.09. The van der Waals surface area contributed by atoms with Gasteiger partial charge in [0.2, 0.25) is 0 Å². The third-order valence-electron chi connectivity index (χ3n) is 5.74. The number of ether oxygens (including phenoxy) is 1. The molecule has 30 heavy (non-hydrogen) atoms. The maximum Gasteiger partial charge on any atom is 0.287 e. The highest BCUT2D eigenvalue weighted by Crippen LogP contribution is 2.19. The monoisotopic (exact) mass is 423 g/mol. The molecule has 1 fully saturated rings. The number of piperazine rings is 1. The molecule has 5 nitrogen and oxygen atoms in total. The Hall–Kier alpha value is -2.67. The van der Waals surface area contributed by atoms with E-state index in [0.717, 1.165) is 49.7 Å². The van der Waals surface area contributed by atoms with Crippen LogP contribution in [-0.4, -0.2) is 39.2 Å². The Kier molecular flexibility index (Phi) is 6.79. The SMILES string of the molecule is COc1cccc(NC(=O)[C@H](c2ccccc2)[NH+]2CC[NH+](Cc3cccs3)CC2)c1. The van der Waals surface area contributed by atoms with E-state index in [1.807, 2.05) is 53.8 Å². The fraction of sp³-hybridized carbons (Fsp3) is 0.292. The number of quaternary nitrogens is 2. The second kappa shape index (κ2) is 9.89. The first kappa shape index (κ1) is 20.6. The van der Waals surface area contributed by atoms with Gasteiger partial charge in [-0.1, -0.05) is 42.5 Å². The number of methoxy groups -OCH3 is 1. The number of hydrogen-bond donors (Lipinski definition) is 3. The zero-order chi connectivity index (χ0) is 20.8. The van der Waals surface area contributed by atoms with Crippen LogP contribution in [0.4, 0.5) is 5.69 Å². The Balaban J connectivity index is 1.47. The summed E-state index contributed by atoms with van der Waals surface area (Å²) in [5.74, 6) is 0.772. The van der Waals surface area contributed by atoms with Crippen LogP contribution in [0.25, 0.3) is 0 Å². The Bertz CT molecular complexity index is 938. The molecule has 1 atom stereocenters. The number of amides is 1. The number of carbonyl (C=O) groups excluding carboxylic acids is 1. The number of rotatable bonds is 7. The molecule has 0 aliphatic carbocycles. The minimum absolute atomic E-state index is 0.0335. The maximum absolute atomic E-state index is 13.4. The van der Waals surface area contributed by atoms with Crippen LogP contribution in [0.5, 0.6) is 5.75 Å². The van der Waals surface area contributed by atoms with Gasteiger partial charge in [-0.05, 0) is 23.6 Å². The van der Waals surface area contributed by atoms with Crippen LogP contribution in [0.2, 0.25) is 0 Å². The van der Waals surface area contributed by atoms with Crippen molar-refractivity contribution in [2.75, 3.05) is 38.6 Å². The van der Waals surface area contributed by atoms with Gasteiger partial charge in [-0.25, -0.2) is 0 Å². The molecule has 4 rings (SSSR count). The van der Waals surface area contributed by atoms with Crippen molar-refractivity contribution >= 4 is 22.9 Å². The summed E-state index contributed by atoms with van der Waals surface area (Å²) in [6, 6.07) is 21.8. The molecule has 3 aromatic rings. The van der Waals surface area contributed by atoms with Crippen LogP contribution in [0.1, 0.15) is 16.5 Å². The summed E-state index contributed by atoms with van der Waals surface area (Å²) in [6.45, 7) is 5.18. The van der Waals surface area contributed by atoms with E-state index in [1.54, 1.807) is 12.0 Å². The van der Waals surface area contributed by atoms with E-state index >= 15 is 0 Å². The van der Waals surface area contributed by atoms with Crippen LogP contribution in [0, 0.1) is 0 Å². The van der Waals surface area contributed by atoms with E-state index in [4.69, 9.17) is 4.74 Å². The average Bonchev–Trinajstić information content (AvgIpc) is 3.29. The molecule has 0 spiro atoms. The maximum atomic E-state index is 13.4. The van der Waals surface area contributed by atoms with E-state index in [9.17, 15) is 4.79 Å². The predicted octanol–water partition coefficient (Wildman–Crippen LogP) is 1.42. The minimum Gasteiger partial charge on any atom is -0.497 e. The lowest BCUT2D eigenvalue weighted by Crippen LogP contribution is -3.28. The molecular weight excluding hydrogens is 394 g/mol. The molecule has 0 bridgehead atoms. The van der Waals surface area contributed by atoms with Crippen LogP contribution in [-0.2, 0) is 11.3 Å². The molecule has 1 saturated heterocycles. The number of hydrogen-bond acceptors (Lipinski definition) is 3. The topological polar surface area (TPSA) is 47.2 Å². The lowest BCUT2D eigenvalue weighted by Gasteiger charge is -2.34. The number of anilines is 1. The Morgan fingerprint density at radius 2 is 1.83 bits per heavy atom. The molecule has 1 amide bonds. The summed E-state index contributed by atoms with van der Waals surface area (Å²) in [6.07, 6.45) is 0. The fourth-order valence-electron chi connectivity index (χ4n) is 4.18. The Morgan fingerprint density at radius 3 is 2.53 bits per heavy atom. The smallest absolute Gasteiger partial charge is 0.287 e. The lowest BCUT2D eigenvalue weighted by atomic mass is 10.0. The van der Waals surface area contributed by atoms with Crippen molar-refractivity contribution in [2.45, 2.75) is 12.6 Å². The van der Waals surface area contributed by atoms with Gasteiger partial charge in [-0.3, -0.25) is 4.79 Å². The summed E-state index contributed by atoms with van der Waals surface area (Å²) >= 11 is 1.83. The largest absolute Gasteiger partial charge is 0.497 e. The van der Waals surface area contributed by atoms with Gasteiger partial charge in [0.25, 0.3) is 5.91 Å². The van der Waals surface area contributed by atoms with E-state index < -0.39 is 0 Å². The van der Waals surface area contributed by atoms with E-state index in [2.05, 4.69) is 35.0 Å². The number of carbonyl (C=O) groups is 1. The van der Waals surface area contributed by atoms with Crippen molar-refractivity contribution in [1.82, 2.24) is 0 Å². The van der Waals surface area contributed by atoms with Crippen molar-refractivity contribution in [3.63, 3.8) is 0 Å². The normalized spacial score (nSPS) is 19.8. The second-order valence-corrected chi connectivity index (χ2v) is 8.76. The van der Waals surface area contributed by atoms with E-state index in [1.165, 1.54) is 9.78 Å². The van der Waals surface area contributed by atoms with Crippen molar-refractivity contribution in [3.8, 4) is 5.75 Å². The fourth-order valence-corrected chi connectivity index (χ4v) is 4.96. The summed E-state index contributed by atoms with van der Waals surface area (Å²) in [5.41, 5.74) is 1.83. The highest BCUT2D eigenvalue weighted by Gasteiger charge is 2.35. The number of thiophene rings is 1. The van der Waals surface area contributed by atoms with Crippen LogP contribution in [0.3, 0.4) is 0 Å². The second-order valence-electron chi connectivity index (χ2n) is 7.73. The number of nitrogens with one attached hydrogen (secondary N) is 3. The first-order valence-electron chi connectivity index (χ1n) is 10.4. The van der Waals surface area contributed by atoms with Crippen molar-refractivity contribution in [1.29, 1.82) is 0 Å². The molecule has 2 aromatic carbocycles. The third kappa shape index (κ3) is 5.08. The van der Waals surface area contributed by atoms with Crippen molar-refractivity contribution < 1.29 is 19.3 Å². The molecule has 1 aromatic heterocycles. The molecule has 0 radical (unpaired) electrons.